The third-order valence-corrected chi connectivity index (χ3v) is 3.92. The smallest absolute Gasteiger partial charge is 0.266 e. The molecular formula is C19H31NO3. The number of hydrogen-bond acceptors (Lipinski definition) is 3. The van der Waals surface area contributed by atoms with E-state index in [-0.39, 0.29) is 11.7 Å². The summed E-state index contributed by atoms with van der Waals surface area (Å²) in [6.07, 6.45) is 4.11. The second-order valence-electron chi connectivity index (χ2n) is 6.56. The summed E-state index contributed by atoms with van der Waals surface area (Å²) in [6, 6.07) is 5.14. The van der Waals surface area contributed by atoms with Crippen molar-refractivity contribution >= 4 is 5.91 Å². The van der Waals surface area contributed by atoms with E-state index in [0.29, 0.717) is 5.75 Å². The molecule has 0 aromatic heterocycles. The molecule has 1 rings (SSSR count). The number of phenols is 1. The third kappa shape index (κ3) is 5.77. The topological polar surface area (TPSA) is 49.8 Å². The summed E-state index contributed by atoms with van der Waals surface area (Å²) >= 11 is 0. The van der Waals surface area contributed by atoms with E-state index < -0.39 is 5.60 Å². The predicted molar refractivity (Wildman–Crippen MR) is 93.9 cm³/mol. The lowest BCUT2D eigenvalue weighted by atomic mass is 10.1. The molecule has 23 heavy (non-hydrogen) atoms. The maximum Gasteiger partial charge on any atom is 0.266 e. The van der Waals surface area contributed by atoms with Crippen LogP contribution in [0.25, 0.3) is 0 Å². The first-order valence-corrected chi connectivity index (χ1v) is 8.59. The van der Waals surface area contributed by atoms with Gasteiger partial charge >= 0.3 is 0 Å². The van der Waals surface area contributed by atoms with Gasteiger partial charge in [-0.25, -0.2) is 0 Å². The summed E-state index contributed by atoms with van der Waals surface area (Å²) in [5, 5.41) is 9.80. The van der Waals surface area contributed by atoms with E-state index in [9.17, 15) is 9.90 Å². The van der Waals surface area contributed by atoms with Gasteiger partial charge in [0.05, 0.1) is 0 Å². The molecule has 1 N–H and O–H groups in total. The molecule has 0 bridgehead atoms. The molecule has 1 aromatic rings. The minimum atomic E-state index is -0.955. The van der Waals surface area contributed by atoms with Gasteiger partial charge in [-0.1, -0.05) is 32.8 Å². The van der Waals surface area contributed by atoms with Crippen LogP contribution < -0.4 is 4.74 Å². The van der Waals surface area contributed by atoms with Gasteiger partial charge in [-0.05, 0) is 45.2 Å². The molecule has 4 nitrogen and oxygen atoms in total. The quantitative estimate of drug-likeness (QED) is 0.738. The van der Waals surface area contributed by atoms with Crippen molar-refractivity contribution in [1.29, 1.82) is 0 Å². The monoisotopic (exact) mass is 321 g/mol. The first-order valence-electron chi connectivity index (χ1n) is 8.59. The van der Waals surface area contributed by atoms with Crippen molar-refractivity contribution in [1.82, 2.24) is 4.90 Å². The number of hydrogen-bond donors (Lipinski definition) is 1. The number of rotatable bonds is 9. The molecule has 0 unspecified atom stereocenters. The Balaban J connectivity index is 2.84. The van der Waals surface area contributed by atoms with Crippen molar-refractivity contribution in [2.24, 2.45) is 0 Å². The maximum atomic E-state index is 12.9. The maximum absolute atomic E-state index is 12.9. The van der Waals surface area contributed by atoms with Crippen molar-refractivity contribution in [2.75, 3.05) is 13.1 Å². The minimum absolute atomic E-state index is 0.000496. The summed E-state index contributed by atoms with van der Waals surface area (Å²) in [7, 11) is 0. The van der Waals surface area contributed by atoms with Crippen LogP contribution in [0, 0.1) is 6.92 Å². The Morgan fingerprint density at radius 1 is 1.17 bits per heavy atom. The van der Waals surface area contributed by atoms with Crippen molar-refractivity contribution in [3.63, 3.8) is 0 Å². The number of nitrogens with zero attached hydrogens (tertiary/aromatic N) is 1. The highest BCUT2D eigenvalue weighted by atomic mass is 16.5. The van der Waals surface area contributed by atoms with E-state index in [2.05, 4.69) is 13.8 Å². The lowest BCUT2D eigenvalue weighted by molar-refractivity contribution is -0.145. The number of aryl methyl sites for hydroxylation is 1. The lowest BCUT2D eigenvalue weighted by Crippen LogP contribution is -2.49. The molecule has 0 spiro atoms. The molecule has 0 saturated carbocycles. The van der Waals surface area contributed by atoms with Gasteiger partial charge in [0.2, 0.25) is 0 Å². The average molecular weight is 321 g/mol. The molecule has 1 aromatic carbocycles. The molecule has 0 heterocycles. The van der Waals surface area contributed by atoms with Crippen molar-refractivity contribution in [3.8, 4) is 11.5 Å². The predicted octanol–water partition coefficient (Wildman–Crippen LogP) is 4.29. The van der Waals surface area contributed by atoms with Gasteiger partial charge in [0.1, 0.15) is 11.5 Å². The molecule has 0 radical (unpaired) electrons. The Morgan fingerprint density at radius 3 is 2.22 bits per heavy atom. The fourth-order valence-electron chi connectivity index (χ4n) is 2.38. The molecule has 0 saturated heterocycles. The number of ether oxygens (including phenoxy) is 1. The Labute approximate surface area is 140 Å². The normalized spacial score (nSPS) is 11.3. The van der Waals surface area contributed by atoms with E-state index >= 15 is 0 Å². The van der Waals surface area contributed by atoms with E-state index in [4.69, 9.17) is 4.74 Å². The molecule has 0 aliphatic heterocycles. The van der Waals surface area contributed by atoms with Crippen LogP contribution in [0.4, 0.5) is 0 Å². The van der Waals surface area contributed by atoms with Gasteiger partial charge in [0.15, 0.2) is 5.60 Å². The number of carbonyl (C=O) groups excluding carboxylic acids is 1. The minimum Gasteiger partial charge on any atom is -0.508 e. The fourth-order valence-corrected chi connectivity index (χ4v) is 2.38. The molecule has 130 valence electrons. The summed E-state index contributed by atoms with van der Waals surface area (Å²) in [5.41, 5.74) is -0.169. The zero-order valence-corrected chi connectivity index (χ0v) is 15.2. The highest BCUT2D eigenvalue weighted by molar-refractivity contribution is 5.84. The Kier molecular flexibility index (Phi) is 7.40. The Morgan fingerprint density at radius 2 is 1.74 bits per heavy atom. The van der Waals surface area contributed by atoms with Gasteiger partial charge in [-0.15, -0.1) is 0 Å². The lowest BCUT2D eigenvalue weighted by Gasteiger charge is -2.32. The first-order chi connectivity index (χ1) is 10.8. The van der Waals surface area contributed by atoms with Crippen molar-refractivity contribution < 1.29 is 14.6 Å². The van der Waals surface area contributed by atoms with Crippen LogP contribution in [0.5, 0.6) is 11.5 Å². The van der Waals surface area contributed by atoms with E-state index in [0.717, 1.165) is 44.3 Å². The van der Waals surface area contributed by atoms with E-state index in [1.54, 1.807) is 32.0 Å². The van der Waals surface area contributed by atoms with Crippen molar-refractivity contribution in [2.45, 2.75) is 65.9 Å². The van der Waals surface area contributed by atoms with E-state index in [1.807, 2.05) is 11.8 Å². The van der Waals surface area contributed by atoms with Crippen LogP contribution in [-0.2, 0) is 4.79 Å². The SMILES string of the molecule is CCCCN(CCCC)C(=O)C(C)(C)Oc1ccc(C)c(O)c1. The molecule has 0 atom stereocenters. The number of carbonyl (C=O) groups is 1. The second kappa shape index (κ2) is 8.80. The second-order valence-corrected chi connectivity index (χ2v) is 6.56. The van der Waals surface area contributed by atoms with Crippen LogP contribution in [0.15, 0.2) is 18.2 Å². The molecule has 4 heteroatoms. The Bertz CT molecular complexity index is 503. The number of aromatic hydroxyl groups is 1. The summed E-state index contributed by atoms with van der Waals surface area (Å²) in [4.78, 5) is 14.8. The largest absolute Gasteiger partial charge is 0.508 e. The number of amides is 1. The molecule has 1 amide bonds. The highest BCUT2D eigenvalue weighted by Gasteiger charge is 2.34. The van der Waals surface area contributed by atoms with Crippen LogP contribution >= 0.6 is 0 Å². The van der Waals surface area contributed by atoms with Gasteiger partial charge in [0, 0.05) is 19.2 Å². The number of phenolic OH excluding ortho intramolecular Hbond substituents is 1. The zero-order chi connectivity index (χ0) is 17.5. The number of benzene rings is 1. The summed E-state index contributed by atoms with van der Waals surface area (Å²) < 4.78 is 5.89. The summed E-state index contributed by atoms with van der Waals surface area (Å²) in [6.45, 7) is 11.2. The number of unbranched alkanes of at least 4 members (excludes halogenated alkanes) is 2. The standard InChI is InChI=1S/C19H31NO3/c1-6-8-12-20(13-9-7-2)18(22)19(4,5)23-16-11-10-15(3)17(21)14-16/h10-11,14,21H,6-9,12-13H2,1-5H3. The molecular weight excluding hydrogens is 290 g/mol. The molecule has 0 aliphatic carbocycles. The molecule has 0 fully saturated rings. The van der Waals surface area contributed by atoms with Gasteiger partial charge in [-0.3, -0.25) is 4.79 Å². The average Bonchev–Trinajstić information content (AvgIpc) is 2.50. The van der Waals surface area contributed by atoms with Gasteiger partial charge in [-0.2, -0.15) is 0 Å². The zero-order valence-electron chi connectivity index (χ0n) is 15.2. The van der Waals surface area contributed by atoms with Crippen LogP contribution in [0.3, 0.4) is 0 Å². The first kappa shape index (κ1) is 19.3. The van der Waals surface area contributed by atoms with E-state index in [1.165, 1.54) is 0 Å². The van der Waals surface area contributed by atoms with Crippen LogP contribution in [0.2, 0.25) is 0 Å². The van der Waals surface area contributed by atoms with Gasteiger partial charge < -0.3 is 14.7 Å². The molecule has 0 aliphatic rings. The summed E-state index contributed by atoms with van der Waals surface area (Å²) in [5.74, 6) is 0.691. The van der Waals surface area contributed by atoms with Crippen molar-refractivity contribution in [3.05, 3.63) is 23.8 Å². The highest BCUT2D eigenvalue weighted by Crippen LogP contribution is 2.26. The van der Waals surface area contributed by atoms with Crippen LogP contribution in [0.1, 0.15) is 58.9 Å². The van der Waals surface area contributed by atoms with Gasteiger partial charge in [0.25, 0.3) is 5.91 Å². The van der Waals surface area contributed by atoms with Crippen LogP contribution in [-0.4, -0.2) is 34.6 Å². The Hall–Kier alpha value is -1.71. The fraction of sp³-hybridized carbons (Fsp3) is 0.632. The third-order valence-electron chi connectivity index (χ3n) is 3.92.